The van der Waals surface area contributed by atoms with E-state index in [1.54, 1.807) is 6.08 Å². The molecular formula is C22H22ClN3O3. The number of rotatable bonds is 5. The number of carbonyl (C=O) groups is 1. The van der Waals surface area contributed by atoms with Crippen LogP contribution in [-0.4, -0.2) is 20.9 Å². The fourth-order valence-electron chi connectivity index (χ4n) is 2.54. The van der Waals surface area contributed by atoms with Crippen LogP contribution in [0.2, 0.25) is 5.02 Å². The molecule has 0 amide bonds. The zero-order chi connectivity index (χ0) is 21.6. The van der Waals surface area contributed by atoms with Crippen molar-refractivity contribution in [2.24, 2.45) is 0 Å². The normalized spacial score (nSPS) is 10.5. The molecule has 3 aromatic rings. The number of nitro groups is 1. The van der Waals surface area contributed by atoms with Crippen LogP contribution in [-0.2, 0) is 0 Å². The van der Waals surface area contributed by atoms with Gasteiger partial charge >= 0.3 is 0 Å². The molecule has 1 aromatic heterocycles. The van der Waals surface area contributed by atoms with E-state index in [-0.39, 0.29) is 22.1 Å². The summed E-state index contributed by atoms with van der Waals surface area (Å²) < 4.78 is 0. The Balaban J connectivity index is 0.00000145. The summed E-state index contributed by atoms with van der Waals surface area (Å²) in [7, 11) is 0. The van der Waals surface area contributed by atoms with Crippen molar-refractivity contribution in [2.45, 2.75) is 27.7 Å². The average molecular weight is 412 g/mol. The number of hydrogen-bond acceptors (Lipinski definition) is 4. The maximum absolute atomic E-state index is 12.3. The molecule has 2 aromatic carbocycles. The first-order chi connectivity index (χ1) is 13.8. The van der Waals surface area contributed by atoms with Crippen molar-refractivity contribution in [3.63, 3.8) is 0 Å². The highest BCUT2D eigenvalue weighted by Gasteiger charge is 2.14. The molecule has 6 nitrogen and oxygen atoms in total. The predicted octanol–water partition coefficient (Wildman–Crippen LogP) is 6.18. The van der Waals surface area contributed by atoms with Crippen LogP contribution in [0.15, 0.2) is 48.5 Å². The minimum absolute atomic E-state index is 0.0715. The van der Waals surface area contributed by atoms with E-state index in [0.29, 0.717) is 5.69 Å². The zero-order valence-electron chi connectivity index (χ0n) is 16.7. The van der Waals surface area contributed by atoms with Crippen molar-refractivity contribution >= 4 is 29.1 Å². The molecule has 0 spiro atoms. The van der Waals surface area contributed by atoms with Gasteiger partial charge in [0.15, 0.2) is 5.78 Å². The third kappa shape index (κ3) is 5.39. The second-order valence-corrected chi connectivity index (χ2v) is 6.54. The van der Waals surface area contributed by atoms with E-state index in [2.05, 4.69) is 16.3 Å². The lowest BCUT2D eigenvalue weighted by Gasteiger charge is -2.01. The topological polar surface area (TPSA) is 88.9 Å². The Morgan fingerprint density at radius 3 is 2.45 bits per heavy atom. The molecule has 3 rings (SSSR count). The van der Waals surface area contributed by atoms with Gasteiger partial charge in [-0.05, 0) is 61.4 Å². The van der Waals surface area contributed by atoms with E-state index < -0.39 is 4.92 Å². The Morgan fingerprint density at radius 2 is 1.83 bits per heavy atom. The quantitative estimate of drug-likeness (QED) is 0.235. The fourth-order valence-corrected chi connectivity index (χ4v) is 2.79. The van der Waals surface area contributed by atoms with E-state index >= 15 is 0 Å². The molecule has 0 atom stereocenters. The van der Waals surface area contributed by atoms with Gasteiger partial charge in [-0.1, -0.05) is 37.6 Å². The SMILES string of the molecule is CC.Cc1ccc(-c2cc(/C=C/C(=O)c3ccc([N+](=O)[O-])c(Cl)c3)[nH]n2)cc1C. The molecule has 0 aliphatic carbocycles. The van der Waals surface area contributed by atoms with Crippen molar-refractivity contribution in [3.05, 3.63) is 86.1 Å². The first-order valence-electron chi connectivity index (χ1n) is 9.14. The summed E-state index contributed by atoms with van der Waals surface area (Å²) in [5.41, 5.74) is 4.87. The molecule has 7 heteroatoms. The van der Waals surface area contributed by atoms with Gasteiger partial charge < -0.3 is 0 Å². The minimum Gasteiger partial charge on any atom is -0.289 e. The standard InChI is InChI=1S/C20H16ClN3O3.C2H6/c1-12-3-4-14(9-13(12)2)18-11-16(22-23-18)6-8-20(25)15-5-7-19(24(26)27)17(21)10-15;1-2/h3-11H,1-2H3,(H,22,23);1-2H3/b8-6+;. The number of ketones is 1. The van der Waals surface area contributed by atoms with Crippen LogP contribution in [0.5, 0.6) is 0 Å². The number of aromatic amines is 1. The van der Waals surface area contributed by atoms with Gasteiger partial charge in [0.25, 0.3) is 5.69 Å². The number of nitrogens with zero attached hydrogens (tertiary/aromatic N) is 2. The second kappa shape index (κ2) is 9.80. The summed E-state index contributed by atoms with van der Waals surface area (Å²) in [4.78, 5) is 22.5. The van der Waals surface area contributed by atoms with Gasteiger partial charge in [-0.2, -0.15) is 5.10 Å². The molecule has 0 unspecified atom stereocenters. The highest BCUT2D eigenvalue weighted by molar-refractivity contribution is 6.33. The summed E-state index contributed by atoms with van der Waals surface area (Å²) >= 11 is 5.85. The predicted molar refractivity (Wildman–Crippen MR) is 116 cm³/mol. The molecule has 0 saturated heterocycles. The van der Waals surface area contributed by atoms with Crippen LogP contribution < -0.4 is 0 Å². The molecule has 0 fully saturated rings. The lowest BCUT2D eigenvalue weighted by atomic mass is 10.0. The van der Waals surface area contributed by atoms with E-state index in [1.165, 1.54) is 35.4 Å². The summed E-state index contributed by atoms with van der Waals surface area (Å²) in [5, 5.41) is 17.9. The van der Waals surface area contributed by atoms with Crippen LogP contribution in [0, 0.1) is 24.0 Å². The summed E-state index contributed by atoms with van der Waals surface area (Å²) in [6, 6.07) is 11.8. The highest BCUT2D eigenvalue weighted by atomic mass is 35.5. The van der Waals surface area contributed by atoms with Crippen molar-refractivity contribution < 1.29 is 9.72 Å². The lowest BCUT2D eigenvalue weighted by Crippen LogP contribution is -1.96. The maximum atomic E-state index is 12.3. The van der Waals surface area contributed by atoms with Crippen molar-refractivity contribution in [2.75, 3.05) is 0 Å². The molecule has 0 bridgehead atoms. The molecule has 0 aliphatic rings. The van der Waals surface area contributed by atoms with E-state index in [0.717, 1.165) is 11.3 Å². The molecule has 1 N–H and O–H groups in total. The van der Waals surface area contributed by atoms with E-state index in [1.807, 2.05) is 45.9 Å². The van der Waals surface area contributed by atoms with Gasteiger partial charge in [0.1, 0.15) is 5.02 Å². The van der Waals surface area contributed by atoms with Crippen molar-refractivity contribution in [3.8, 4) is 11.3 Å². The summed E-state index contributed by atoms with van der Waals surface area (Å²) in [6.45, 7) is 8.09. The number of aromatic nitrogens is 2. The summed E-state index contributed by atoms with van der Waals surface area (Å²) in [5.74, 6) is -0.311. The van der Waals surface area contributed by atoms with Gasteiger partial charge in [0, 0.05) is 17.2 Å². The molecular weight excluding hydrogens is 390 g/mol. The van der Waals surface area contributed by atoms with E-state index in [9.17, 15) is 14.9 Å². The molecule has 29 heavy (non-hydrogen) atoms. The van der Waals surface area contributed by atoms with Gasteiger partial charge in [-0.15, -0.1) is 0 Å². The number of H-pyrrole nitrogens is 1. The van der Waals surface area contributed by atoms with Gasteiger partial charge in [0.2, 0.25) is 0 Å². The third-order valence-corrected chi connectivity index (χ3v) is 4.55. The average Bonchev–Trinajstić information content (AvgIpc) is 3.18. The molecule has 1 heterocycles. The van der Waals surface area contributed by atoms with Crippen LogP contribution in [0.4, 0.5) is 5.69 Å². The van der Waals surface area contributed by atoms with Crippen LogP contribution in [0.25, 0.3) is 17.3 Å². The van der Waals surface area contributed by atoms with Crippen LogP contribution in [0.1, 0.15) is 41.0 Å². The molecule has 0 aliphatic heterocycles. The Bertz CT molecular complexity index is 1070. The van der Waals surface area contributed by atoms with Gasteiger partial charge in [-0.25, -0.2) is 0 Å². The Labute approximate surface area is 174 Å². The number of carbonyl (C=O) groups excluding carboxylic acids is 1. The minimum atomic E-state index is -0.592. The van der Waals surface area contributed by atoms with Crippen LogP contribution in [0.3, 0.4) is 0 Å². The summed E-state index contributed by atoms with van der Waals surface area (Å²) in [6.07, 6.45) is 2.98. The first-order valence-corrected chi connectivity index (χ1v) is 9.52. The highest BCUT2D eigenvalue weighted by Crippen LogP contribution is 2.25. The van der Waals surface area contributed by atoms with Crippen LogP contribution >= 0.6 is 11.6 Å². The largest absolute Gasteiger partial charge is 0.289 e. The lowest BCUT2D eigenvalue weighted by molar-refractivity contribution is -0.384. The molecule has 150 valence electrons. The second-order valence-electron chi connectivity index (χ2n) is 6.13. The maximum Gasteiger partial charge on any atom is 0.287 e. The Morgan fingerprint density at radius 1 is 1.10 bits per heavy atom. The van der Waals surface area contributed by atoms with Gasteiger partial charge in [0.05, 0.1) is 16.3 Å². The first kappa shape index (κ1) is 22.0. The zero-order valence-corrected chi connectivity index (χ0v) is 17.4. The molecule has 0 saturated carbocycles. The number of hydrogen-bond donors (Lipinski definition) is 1. The number of allylic oxidation sites excluding steroid dienone is 1. The molecule has 0 radical (unpaired) electrons. The van der Waals surface area contributed by atoms with Crippen molar-refractivity contribution in [1.82, 2.24) is 10.2 Å². The number of nitro benzene ring substituents is 1. The Hall–Kier alpha value is -3.25. The number of halogens is 1. The number of nitrogens with one attached hydrogen (secondary N) is 1. The number of aryl methyl sites for hydroxylation is 2. The Kier molecular flexibility index (Phi) is 7.45. The van der Waals surface area contributed by atoms with Crippen molar-refractivity contribution in [1.29, 1.82) is 0 Å². The smallest absolute Gasteiger partial charge is 0.287 e. The third-order valence-electron chi connectivity index (χ3n) is 4.24. The monoisotopic (exact) mass is 411 g/mol. The van der Waals surface area contributed by atoms with Gasteiger partial charge in [-0.3, -0.25) is 20.0 Å². The number of benzene rings is 2. The van der Waals surface area contributed by atoms with E-state index in [4.69, 9.17) is 11.6 Å². The fraction of sp³-hybridized carbons (Fsp3) is 0.182.